The second-order valence-corrected chi connectivity index (χ2v) is 7.55. The van der Waals surface area contributed by atoms with E-state index in [4.69, 9.17) is 9.47 Å². The van der Waals surface area contributed by atoms with Crippen molar-refractivity contribution < 1.29 is 23.9 Å². The Morgan fingerprint density at radius 2 is 1.64 bits per heavy atom. The zero-order valence-corrected chi connectivity index (χ0v) is 17.0. The van der Waals surface area contributed by atoms with Crippen LogP contribution in [-0.2, 0) is 20.9 Å². The van der Waals surface area contributed by atoms with Gasteiger partial charge in [-0.1, -0.05) is 58.4 Å². The fourth-order valence-corrected chi connectivity index (χ4v) is 3.03. The normalized spacial score (nSPS) is 14.1. The van der Waals surface area contributed by atoms with E-state index in [1.807, 2.05) is 30.3 Å². The van der Waals surface area contributed by atoms with Crippen LogP contribution in [-0.4, -0.2) is 41.9 Å². The number of hydrogen-bond acceptors (Lipinski definition) is 5. The van der Waals surface area contributed by atoms with Crippen LogP contribution in [0.4, 0.5) is 4.79 Å². The molecule has 0 aromatic heterocycles. The molecule has 0 heterocycles. The molecule has 1 fully saturated rings. The molecule has 0 N–H and O–H groups in total. The number of carbonyl (C=O) groups excluding carboxylic acids is 3. The molecule has 0 bridgehead atoms. The molecule has 1 aliphatic carbocycles. The smallest absolute Gasteiger partial charge is 0.410 e. The second-order valence-electron chi connectivity index (χ2n) is 6.64. The number of benzene rings is 2. The van der Waals surface area contributed by atoms with Gasteiger partial charge in [-0.15, -0.1) is 0 Å². The minimum Gasteiger partial charge on any atom is -0.456 e. The summed E-state index contributed by atoms with van der Waals surface area (Å²) in [7, 11) is 1.51. The number of Topliss-reactive ketones (excluding diaryl/α,β-unsaturated/α-hetero) is 1. The average molecular weight is 446 g/mol. The van der Waals surface area contributed by atoms with Gasteiger partial charge in [0.2, 0.25) is 0 Å². The van der Waals surface area contributed by atoms with Crippen molar-refractivity contribution in [3.8, 4) is 0 Å². The molecular formula is C21H20BrNO5. The Labute approximate surface area is 171 Å². The van der Waals surface area contributed by atoms with Gasteiger partial charge in [0.1, 0.15) is 12.1 Å². The van der Waals surface area contributed by atoms with Gasteiger partial charge >= 0.3 is 12.1 Å². The highest BCUT2D eigenvalue weighted by Gasteiger charge is 2.57. The zero-order valence-electron chi connectivity index (χ0n) is 15.4. The van der Waals surface area contributed by atoms with Crippen LogP contribution >= 0.6 is 15.9 Å². The lowest BCUT2D eigenvalue weighted by molar-refractivity contribution is -0.149. The lowest BCUT2D eigenvalue weighted by Crippen LogP contribution is -2.46. The van der Waals surface area contributed by atoms with Crippen LogP contribution in [0, 0.1) is 0 Å². The number of esters is 1. The third kappa shape index (κ3) is 4.59. The Hall–Kier alpha value is -2.67. The van der Waals surface area contributed by atoms with E-state index in [2.05, 4.69) is 15.9 Å². The Kier molecular flexibility index (Phi) is 6.14. The van der Waals surface area contributed by atoms with Gasteiger partial charge in [-0.05, 0) is 30.5 Å². The summed E-state index contributed by atoms with van der Waals surface area (Å²) in [5, 5.41) is 0. The zero-order chi connectivity index (χ0) is 20.1. The van der Waals surface area contributed by atoms with Crippen LogP contribution < -0.4 is 0 Å². The lowest BCUT2D eigenvalue weighted by Gasteiger charge is -2.25. The van der Waals surface area contributed by atoms with E-state index in [-0.39, 0.29) is 19.0 Å². The summed E-state index contributed by atoms with van der Waals surface area (Å²) in [6.45, 7) is -0.244. The predicted octanol–water partition coefficient (Wildman–Crippen LogP) is 3.98. The number of amides is 1. The van der Waals surface area contributed by atoms with Crippen LogP contribution in [0.1, 0.15) is 28.8 Å². The summed E-state index contributed by atoms with van der Waals surface area (Å²) < 4.78 is 11.3. The molecule has 0 unspecified atom stereocenters. The van der Waals surface area contributed by atoms with E-state index in [1.54, 1.807) is 24.3 Å². The molecule has 7 heteroatoms. The number of rotatable bonds is 7. The predicted molar refractivity (Wildman–Crippen MR) is 106 cm³/mol. The molecule has 28 heavy (non-hydrogen) atoms. The van der Waals surface area contributed by atoms with Crippen molar-refractivity contribution in [2.24, 2.45) is 0 Å². The van der Waals surface area contributed by atoms with Crippen LogP contribution in [0.2, 0.25) is 0 Å². The molecule has 0 spiro atoms. The van der Waals surface area contributed by atoms with Crippen LogP contribution in [0.5, 0.6) is 0 Å². The summed E-state index contributed by atoms with van der Waals surface area (Å²) >= 11 is 3.30. The topological polar surface area (TPSA) is 72.9 Å². The lowest BCUT2D eigenvalue weighted by atomic mass is 10.1. The van der Waals surface area contributed by atoms with E-state index in [9.17, 15) is 14.4 Å². The first-order valence-corrected chi connectivity index (χ1v) is 9.62. The van der Waals surface area contributed by atoms with E-state index in [1.165, 1.54) is 11.9 Å². The van der Waals surface area contributed by atoms with Crippen molar-refractivity contribution >= 4 is 33.8 Å². The third-order valence-electron chi connectivity index (χ3n) is 4.73. The van der Waals surface area contributed by atoms with Crippen molar-refractivity contribution in [1.29, 1.82) is 0 Å². The number of hydrogen-bond donors (Lipinski definition) is 0. The number of halogens is 1. The maximum Gasteiger partial charge on any atom is 0.410 e. The van der Waals surface area contributed by atoms with Gasteiger partial charge in [0.05, 0.1) is 0 Å². The maximum atomic E-state index is 12.5. The highest BCUT2D eigenvalue weighted by atomic mass is 79.9. The summed E-state index contributed by atoms with van der Waals surface area (Å²) in [4.78, 5) is 38.3. The van der Waals surface area contributed by atoms with E-state index in [0.29, 0.717) is 18.4 Å². The molecule has 2 aromatic carbocycles. The standard InChI is InChI=1S/C21H20BrNO5/c1-23(20(26)28-13-15-5-3-2-4-6-15)21(11-12-21)19(25)27-14-18(24)16-7-9-17(22)10-8-16/h2-10H,11-14H2,1H3. The maximum absolute atomic E-state index is 12.5. The molecule has 0 saturated heterocycles. The van der Waals surface area contributed by atoms with Gasteiger partial charge in [0.25, 0.3) is 0 Å². The fourth-order valence-electron chi connectivity index (χ4n) is 2.77. The van der Waals surface area contributed by atoms with Crippen LogP contribution in [0.25, 0.3) is 0 Å². The van der Waals surface area contributed by atoms with Gasteiger partial charge in [0, 0.05) is 17.1 Å². The van der Waals surface area contributed by atoms with Gasteiger partial charge in [-0.25, -0.2) is 9.59 Å². The Bertz CT molecular complexity index is 862. The van der Waals surface area contributed by atoms with Crippen molar-refractivity contribution in [2.45, 2.75) is 25.0 Å². The van der Waals surface area contributed by atoms with Gasteiger partial charge < -0.3 is 9.47 Å². The molecule has 0 atom stereocenters. The summed E-state index contributed by atoms with van der Waals surface area (Å²) in [6.07, 6.45) is 0.363. The molecule has 3 rings (SSSR count). The SMILES string of the molecule is CN(C(=O)OCc1ccccc1)C1(C(=O)OCC(=O)c2ccc(Br)cc2)CC1. The molecule has 1 aliphatic rings. The van der Waals surface area contributed by atoms with Crippen LogP contribution in [0.15, 0.2) is 59.1 Å². The number of nitrogens with zero attached hydrogens (tertiary/aromatic N) is 1. The Morgan fingerprint density at radius 1 is 1.00 bits per heavy atom. The molecule has 6 nitrogen and oxygen atoms in total. The first kappa shape index (κ1) is 20.1. The highest BCUT2D eigenvalue weighted by molar-refractivity contribution is 9.10. The van der Waals surface area contributed by atoms with E-state index >= 15 is 0 Å². The Morgan fingerprint density at radius 3 is 2.25 bits per heavy atom. The van der Waals surface area contributed by atoms with E-state index < -0.39 is 17.6 Å². The van der Waals surface area contributed by atoms with Crippen molar-refractivity contribution in [3.63, 3.8) is 0 Å². The average Bonchev–Trinajstić information content (AvgIpc) is 3.52. The summed E-state index contributed by atoms with van der Waals surface area (Å²) in [6, 6.07) is 16.1. The van der Waals surface area contributed by atoms with Crippen molar-refractivity contribution in [2.75, 3.05) is 13.7 Å². The van der Waals surface area contributed by atoms with Crippen LogP contribution in [0.3, 0.4) is 0 Å². The van der Waals surface area contributed by atoms with E-state index in [0.717, 1.165) is 10.0 Å². The number of carbonyl (C=O) groups is 3. The summed E-state index contributed by atoms with van der Waals surface area (Å²) in [5.41, 5.74) is 0.265. The van der Waals surface area contributed by atoms with Gasteiger partial charge in [0.15, 0.2) is 12.4 Å². The molecule has 1 amide bonds. The minimum atomic E-state index is -1.05. The Balaban J connectivity index is 1.53. The van der Waals surface area contributed by atoms with Gasteiger partial charge in [-0.2, -0.15) is 0 Å². The molecule has 0 radical (unpaired) electrons. The summed E-state index contributed by atoms with van der Waals surface area (Å²) in [5.74, 6) is -0.886. The molecular weight excluding hydrogens is 426 g/mol. The first-order chi connectivity index (χ1) is 13.4. The highest BCUT2D eigenvalue weighted by Crippen LogP contribution is 2.42. The largest absolute Gasteiger partial charge is 0.456 e. The molecule has 2 aromatic rings. The van der Waals surface area contributed by atoms with Gasteiger partial charge in [-0.3, -0.25) is 9.69 Å². The fraction of sp³-hybridized carbons (Fsp3) is 0.286. The quantitative estimate of drug-likeness (QED) is 0.475. The monoisotopic (exact) mass is 445 g/mol. The number of ether oxygens (including phenoxy) is 2. The minimum absolute atomic E-state index is 0.122. The number of likely N-dealkylation sites (N-methyl/N-ethyl adjacent to an activating group) is 1. The molecule has 0 aliphatic heterocycles. The molecule has 146 valence electrons. The number of ketones is 1. The first-order valence-electron chi connectivity index (χ1n) is 8.83. The van der Waals surface area contributed by atoms with Crippen molar-refractivity contribution in [1.82, 2.24) is 4.90 Å². The third-order valence-corrected chi connectivity index (χ3v) is 5.25. The van der Waals surface area contributed by atoms with Crippen molar-refractivity contribution in [3.05, 3.63) is 70.2 Å². The molecule has 1 saturated carbocycles. The second kappa shape index (κ2) is 8.56.